The van der Waals surface area contributed by atoms with Gasteiger partial charge in [-0.1, -0.05) is 36.4 Å². The maximum absolute atomic E-state index is 14.0. The molecule has 4 rings (SSSR count). The van der Waals surface area contributed by atoms with Crippen molar-refractivity contribution in [3.05, 3.63) is 83.0 Å². The molecule has 0 aliphatic carbocycles. The van der Waals surface area contributed by atoms with Gasteiger partial charge in [-0.05, 0) is 62.5 Å². The molecule has 184 valence electrons. The maximum atomic E-state index is 14.0. The number of nitrogens with zero attached hydrogens (tertiary/aromatic N) is 3. The highest BCUT2D eigenvalue weighted by atomic mass is 35.5. The first-order valence-electron chi connectivity index (χ1n) is 11.6. The van der Waals surface area contributed by atoms with E-state index in [2.05, 4.69) is 27.2 Å². The van der Waals surface area contributed by atoms with Gasteiger partial charge in [-0.15, -0.1) is 0 Å². The molecule has 1 saturated heterocycles. The Morgan fingerprint density at radius 2 is 1.97 bits per heavy atom. The van der Waals surface area contributed by atoms with Gasteiger partial charge >= 0.3 is 0 Å². The lowest BCUT2D eigenvalue weighted by molar-refractivity contribution is 0.357. The zero-order valence-electron chi connectivity index (χ0n) is 19.4. The summed E-state index contributed by atoms with van der Waals surface area (Å²) >= 11 is 6.36. The van der Waals surface area contributed by atoms with Crippen LogP contribution in [0.2, 0.25) is 5.02 Å². The van der Waals surface area contributed by atoms with Crippen LogP contribution in [0.3, 0.4) is 0 Å². The van der Waals surface area contributed by atoms with E-state index in [9.17, 15) is 8.78 Å². The quantitative estimate of drug-likeness (QED) is 0.363. The summed E-state index contributed by atoms with van der Waals surface area (Å²) < 4.78 is 27.7. The highest BCUT2D eigenvalue weighted by Crippen LogP contribution is 2.33. The fourth-order valence-corrected chi connectivity index (χ4v) is 4.50. The standard InChI is InChI=1S/C26H29ClF2N6/c1-17(21-7-6-20(28)14-22(21)27)35(13-10-18-8-11-31-12-9-18)25-24(30)16-33-26(34-25)32-15-19-4-2-3-5-23(19)29/h2-7,14,16,18,31H,1,8-13,15,30H2,(H,32,33,34). The van der Waals surface area contributed by atoms with Crippen molar-refractivity contribution in [3.63, 3.8) is 0 Å². The molecular formula is C26H29ClF2N6. The Morgan fingerprint density at radius 3 is 2.71 bits per heavy atom. The second-order valence-corrected chi connectivity index (χ2v) is 9.03. The fraction of sp³-hybridized carbons (Fsp3) is 0.308. The topological polar surface area (TPSA) is 79.1 Å². The lowest BCUT2D eigenvalue weighted by Gasteiger charge is -2.30. The average Bonchev–Trinajstić information content (AvgIpc) is 2.85. The van der Waals surface area contributed by atoms with E-state index in [0.29, 0.717) is 46.7 Å². The minimum absolute atomic E-state index is 0.218. The molecule has 0 radical (unpaired) electrons. The summed E-state index contributed by atoms with van der Waals surface area (Å²) in [4.78, 5) is 10.8. The van der Waals surface area contributed by atoms with E-state index in [-0.39, 0.29) is 17.4 Å². The van der Waals surface area contributed by atoms with Gasteiger partial charge in [-0.2, -0.15) is 4.98 Å². The Balaban J connectivity index is 1.61. The number of benzene rings is 2. The average molecular weight is 499 g/mol. The zero-order valence-corrected chi connectivity index (χ0v) is 20.2. The predicted molar refractivity (Wildman–Crippen MR) is 138 cm³/mol. The summed E-state index contributed by atoms with van der Waals surface area (Å²) in [6.07, 6.45) is 4.60. The van der Waals surface area contributed by atoms with Gasteiger partial charge in [-0.25, -0.2) is 13.8 Å². The van der Waals surface area contributed by atoms with Crippen molar-refractivity contribution in [3.8, 4) is 0 Å². The highest BCUT2D eigenvalue weighted by molar-refractivity contribution is 6.32. The Labute approximate surface area is 209 Å². The number of hydrogen-bond acceptors (Lipinski definition) is 6. The van der Waals surface area contributed by atoms with Gasteiger partial charge in [0, 0.05) is 29.9 Å². The van der Waals surface area contributed by atoms with Crippen LogP contribution in [-0.4, -0.2) is 29.6 Å². The van der Waals surface area contributed by atoms with E-state index in [0.717, 1.165) is 32.4 Å². The minimum Gasteiger partial charge on any atom is -0.394 e. The van der Waals surface area contributed by atoms with Gasteiger partial charge in [-0.3, -0.25) is 0 Å². The third-order valence-electron chi connectivity index (χ3n) is 6.23. The number of nitrogen functional groups attached to an aromatic ring is 1. The molecule has 4 N–H and O–H groups in total. The van der Waals surface area contributed by atoms with E-state index < -0.39 is 5.82 Å². The number of nitrogens with one attached hydrogen (secondary N) is 2. The van der Waals surface area contributed by atoms with E-state index >= 15 is 0 Å². The second-order valence-electron chi connectivity index (χ2n) is 8.62. The third kappa shape index (κ3) is 6.26. The molecular weight excluding hydrogens is 470 g/mol. The van der Waals surface area contributed by atoms with Gasteiger partial charge in [0.25, 0.3) is 0 Å². The summed E-state index contributed by atoms with van der Waals surface area (Å²) in [5, 5.41) is 6.71. The van der Waals surface area contributed by atoms with Crippen LogP contribution in [0.4, 0.5) is 26.2 Å². The monoisotopic (exact) mass is 498 g/mol. The van der Waals surface area contributed by atoms with Crippen LogP contribution >= 0.6 is 11.6 Å². The number of aromatic nitrogens is 2. The summed E-state index contributed by atoms with van der Waals surface area (Å²) in [6, 6.07) is 10.7. The summed E-state index contributed by atoms with van der Waals surface area (Å²) in [5.74, 6) is 0.599. The van der Waals surface area contributed by atoms with Crippen LogP contribution in [0.1, 0.15) is 30.4 Å². The lowest BCUT2D eigenvalue weighted by atomic mass is 9.94. The molecule has 6 nitrogen and oxygen atoms in total. The molecule has 1 aliphatic heterocycles. The van der Waals surface area contributed by atoms with Crippen LogP contribution in [0.15, 0.2) is 55.2 Å². The van der Waals surface area contributed by atoms with Gasteiger partial charge in [0.1, 0.15) is 11.6 Å². The molecule has 0 saturated carbocycles. The third-order valence-corrected chi connectivity index (χ3v) is 6.55. The van der Waals surface area contributed by atoms with Gasteiger partial charge in [0.15, 0.2) is 5.82 Å². The summed E-state index contributed by atoms with van der Waals surface area (Å²) in [6.45, 7) is 7.06. The van der Waals surface area contributed by atoms with E-state index in [1.165, 1.54) is 24.4 Å². The van der Waals surface area contributed by atoms with Crippen LogP contribution in [0, 0.1) is 17.6 Å². The molecule has 1 aliphatic rings. The van der Waals surface area contributed by atoms with Crippen molar-refractivity contribution < 1.29 is 8.78 Å². The van der Waals surface area contributed by atoms with E-state index in [1.54, 1.807) is 24.3 Å². The Kier molecular flexibility index (Phi) is 8.15. The SMILES string of the molecule is C=C(c1ccc(F)cc1Cl)N(CCC1CCNCC1)c1nc(NCc2ccccc2F)ncc1N. The van der Waals surface area contributed by atoms with E-state index in [1.807, 2.05) is 4.90 Å². The second kappa shape index (κ2) is 11.5. The zero-order chi connectivity index (χ0) is 24.8. The molecule has 0 bridgehead atoms. The van der Waals surface area contributed by atoms with E-state index in [4.69, 9.17) is 17.3 Å². The Bertz CT molecular complexity index is 1180. The van der Waals surface area contributed by atoms with Crippen LogP contribution in [0.25, 0.3) is 5.70 Å². The first-order valence-corrected chi connectivity index (χ1v) is 12.0. The molecule has 2 heterocycles. The number of anilines is 3. The van der Waals surface area contributed by atoms with Crippen molar-refractivity contribution in [2.45, 2.75) is 25.8 Å². The first kappa shape index (κ1) is 24.9. The van der Waals surface area contributed by atoms with Crippen molar-refractivity contribution >= 4 is 34.8 Å². The van der Waals surface area contributed by atoms with Crippen LogP contribution in [0.5, 0.6) is 0 Å². The van der Waals surface area contributed by atoms with Gasteiger partial charge in [0.2, 0.25) is 5.95 Å². The number of halogens is 3. The lowest BCUT2D eigenvalue weighted by Crippen LogP contribution is -2.31. The van der Waals surface area contributed by atoms with Crippen LogP contribution in [-0.2, 0) is 6.54 Å². The summed E-state index contributed by atoms with van der Waals surface area (Å²) in [7, 11) is 0. The molecule has 35 heavy (non-hydrogen) atoms. The molecule has 2 aromatic carbocycles. The smallest absolute Gasteiger partial charge is 0.225 e. The van der Waals surface area contributed by atoms with Crippen LogP contribution < -0.4 is 21.3 Å². The Hall–Kier alpha value is -3.23. The predicted octanol–water partition coefficient (Wildman–Crippen LogP) is 5.47. The number of rotatable bonds is 9. The fourth-order valence-electron chi connectivity index (χ4n) is 4.22. The number of piperidine rings is 1. The molecule has 1 fully saturated rings. The number of hydrogen-bond donors (Lipinski definition) is 3. The maximum Gasteiger partial charge on any atom is 0.225 e. The van der Waals surface area contributed by atoms with Gasteiger partial charge < -0.3 is 21.3 Å². The highest BCUT2D eigenvalue weighted by Gasteiger charge is 2.22. The van der Waals surface area contributed by atoms with Crippen molar-refractivity contribution in [2.75, 3.05) is 35.6 Å². The van der Waals surface area contributed by atoms with Crippen molar-refractivity contribution in [2.24, 2.45) is 5.92 Å². The minimum atomic E-state index is -0.422. The molecule has 3 aromatic rings. The normalized spacial score (nSPS) is 14.0. The Morgan fingerprint density at radius 1 is 1.20 bits per heavy atom. The first-order chi connectivity index (χ1) is 16.9. The largest absolute Gasteiger partial charge is 0.394 e. The molecule has 0 atom stereocenters. The molecule has 9 heteroatoms. The molecule has 1 aromatic heterocycles. The molecule has 0 spiro atoms. The van der Waals surface area contributed by atoms with Crippen molar-refractivity contribution in [1.82, 2.24) is 15.3 Å². The number of nitrogens with two attached hydrogens (primary N) is 1. The van der Waals surface area contributed by atoms with Gasteiger partial charge in [0.05, 0.1) is 16.9 Å². The summed E-state index contributed by atoms with van der Waals surface area (Å²) in [5.41, 5.74) is 8.34. The molecule has 0 amide bonds. The molecule has 0 unspecified atom stereocenters. The van der Waals surface area contributed by atoms with Crippen molar-refractivity contribution in [1.29, 1.82) is 0 Å².